The molecule has 0 bridgehead atoms. The predicted octanol–water partition coefficient (Wildman–Crippen LogP) is 2.52. The second kappa shape index (κ2) is 7.78. The normalized spacial score (nSPS) is 18.8. The van der Waals surface area contributed by atoms with E-state index >= 15 is 0 Å². The van der Waals surface area contributed by atoms with Gasteiger partial charge in [0.25, 0.3) is 0 Å². The van der Waals surface area contributed by atoms with Crippen LogP contribution in [-0.2, 0) is 9.47 Å². The van der Waals surface area contributed by atoms with E-state index in [0.717, 1.165) is 25.2 Å². The molecule has 0 saturated carbocycles. The number of nitrogens with zero attached hydrogens (tertiary/aromatic N) is 1. The average Bonchev–Trinajstić information content (AvgIpc) is 2.49. The number of hydrogen-bond acceptors (Lipinski definition) is 4. The van der Waals surface area contributed by atoms with E-state index in [0.29, 0.717) is 25.4 Å². The van der Waals surface area contributed by atoms with E-state index in [1.807, 2.05) is 0 Å². The molecule has 0 radical (unpaired) electrons. The molecule has 0 spiro atoms. The first-order valence-corrected chi connectivity index (χ1v) is 6.71. The Hall–Kier alpha value is -1.57. The van der Waals surface area contributed by atoms with Gasteiger partial charge in [0.1, 0.15) is 12.4 Å². The topological polar surface area (TPSA) is 51.5 Å². The molecule has 19 heavy (non-hydrogen) atoms. The number of rotatable bonds is 6. The molecule has 1 aromatic rings. The molecule has 1 aliphatic rings. The Morgan fingerprint density at radius 3 is 2.74 bits per heavy atom. The molecular weight excluding hydrogens is 242 g/mol. The molecular formula is C15H19NO3. The molecule has 1 atom stereocenters. The van der Waals surface area contributed by atoms with Crippen LogP contribution >= 0.6 is 0 Å². The van der Waals surface area contributed by atoms with Gasteiger partial charge >= 0.3 is 0 Å². The fraction of sp³-hybridized carbons (Fsp3) is 0.533. The zero-order valence-electron chi connectivity index (χ0n) is 11.0. The Bertz CT molecular complexity index is 404. The van der Waals surface area contributed by atoms with Crippen molar-refractivity contribution >= 4 is 0 Å². The molecule has 1 aromatic carbocycles. The smallest absolute Gasteiger partial charge is 0.119 e. The van der Waals surface area contributed by atoms with Gasteiger partial charge in [0.15, 0.2) is 0 Å². The second-order valence-corrected chi connectivity index (χ2v) is 4.55. The van der Waals surface area contributed by atoms with E-state index in [9.17, 15) is 0 Å². The third kappa shape index (κ3) is 4.90. The van der Waals surface area contributed by atoms with Gasteiger partial charge in [0.2, 0.25) is 0 Å². The first-order valence-electron chi connectivity index (χ1n) is 6.71. The predicted molar refractivity (Wildman–Crippen MR) is 71.1 cm³/mol. The van der Waals surface area contributed by atoms with Crippen molar-refractivity contribution in [2.24, 2.45) is 0 Å². The summed E-state index contributed by atoms with van der Waals surface area (Å²) in [4.78, 5) is 0. The van der Waals surface area contributed by atoms with Crippen molar-refractivity contribution < 1.29 is 14.2 Å². The van der Waals surface area contributed by atoms with Crippen molar-refractivity contribution in [1.82, 2.24) is 0 Å². The molecule has 102 valence electrons. The van der Waals surface area contributed by atoms with Crippen LogP contribution < -0.4 is 4.74 Å². The highest BCUT2D eigenvalue weighted by molar-refractivity contribution is 5.34. The molecule has 0 amide bonds. The molecule has 4 nitrogen and oxygen atoms in total. The largest absolute Gasteiger partial charge is 0.491 e. The number of hydrogen-bond donors (Lipinski definition) is 0. The maximum Gasteiger partial charge on any atom is 0.119 e. The molecule has 1 unspecified atom stereocenters. The van der Waals surface area contributed by atoms with Crippen molar-refractivity contribution in [3.63, 3.8) is 0 Å². The van der Waals surface area contributed by atoms with E-state index in [2.05, 4.69) is 6.07 Å². The van der Waals surface area contributed by atoms with Crippen LogP contribution in [0.4, 0.5) is 0 Å². The fourth-order valence-corrected chi connectivity index (χ4v) is 2.00. The molecule has 4 heteroatoms. The minimum Gasteiger partial charge on any atom is -0.491 e. The van der Waals surface area contributed by atoms with Gasteiger partial charge in [-0.2, -0.15) is 5.26 Å². The van der Waals surface area contributed by atoms with Crippen LogP contribution in [-0.4, -0.2) is 32.5 Å². The minimum atomic E-state index is 0.253. The van der Waals surface area contributed by atoms with Crippen LogP contribution in [0.25, 0.3) is 0 Å². The van der Waals surface area contributed by atoms with E-state index in [1.165, 1.54) is 6.42 Å². The lowest BCUT2D eigenvalue weighted by atomic mass is 10.1. The zero-order chi connectivity index (χ0) is 13.3. The van der Waals surface area contributed by atoms with Crippen LogP contribution in [0.5, 0.6) is 5.75 Å². The van der Waals surface area contributed by atoms with Crippen molar-refractivity contribution in [3.8, 4) is 11.8 Å². The minimum absolute atomic E-state index is 0.253. The highest BCUT2D eigenvalue weighted by Gasteiger charge is 2.13. The third-order valence-electron chi connectivity index (χ3n) is 3.06. The Morgan fingerprint density at radius 1 is 1.21 bits per heavy atom. The van der Waals surface area contributed by atoms with Gasteiger partial charge in [-0.05, 0) is 43.5 Å². The molecule has 1 fully saturated rings. The molecule has 0 aliphatic carbocycles. The molecule has 1 aliphatic heterocycles. The maximum absolute atomic E-state index is 8.68. The van der Waals surface area contributed by atoms with Gasteiger partial charge in [-0.1, -0.05) is 0 Å². The molecule has 1 saturated heterocycles. The third-order valence-corrected chi connectivity index (χ3v) is 3.06. The summed E-state index contributed by atoms with van der Waals surface area (Å²) in [6.45, 7) is 2.57. The lowest BCUT2D eigenvalue weighted by molar-refractivity contribution is -0.0444. The van der Waals surface area contributed by atoms with E-state index in [4.69, 9.17) is 19.5 Å². The number of nitriles is 1. The Morgan fingerprint density at radius 2 is 2.05 bits per heavy atom. The van der Waals surface area contributed by atoms with Gasteiger partial charge < -0.3 is 14.2 Å². The van der Waals surface area contributed by atoms with Gasteiger partial charge in [0.05, 0.1) is 31.0 Å². The van der Waals surface area contributed by atoms with Crippen LogP contribution in [0.3, 0.4) is 0 Å². The van der Waals surface area contributed by atoms with Crippen molar-refractivity contribution in [3.05, 3.63) is 29.8 Å². The average molecular weight is 261 g/mol. The molecule has 0 N–H and O–H groups in total. The molecule has 2 rings (SSSR count). The summed E-state index contributed by atoms with van der Waals surface area (Å²) in [5.41, 5.74) is 0.637. The summed E-state index contributed by atoms with van der Waals surface area (Å²) in [6.07, 6.45) is 3.74. The van der Waals surface area contributed by atoms with Gasteiger partial charge in [-0.3, -0.25) is 0 Å². The number of benzene rings is 1. The second-order valence-electron chi connectivity index (χ2n) is 4.55. The Labute approximate surface area is 113 Å². The molecule has 0 aromatic heterocycles. The first kappa shape index (κ1) is 13.9. The van der Waals surface area contributed by atoms with Gasteiger partial charge in [0, 0.05) is 6.61 Å². The highest BCUT2D eigenvalue weighted by Crippen LogP contribution is 2.13. The van der Waals surface area contributed by atoms with E-state index < -0.39 is 0 Å². The Kier molecular flexibility index (Phi) is 5.67. The van der Waals surface area contributed by atoms with Crippen LogP contribution in [0.15, 0.2) is 24.3 Å². The lowest BCUT2D eigenvalue weighted by Crippen LogP contribution is -2.25. The highest BCUT2D eigenvalue weighted by atomic mass is 16.5. The van der Waals surface area contributed by atoms with E-state index in [-0.39, 0.29) is 6.10 Å². The fourth-order valence-electron chi connectivity index (χ4n) is 2.00. The van der Waals surface area contributed by atoms with Crippen LogP contribution in [0.2, 0.25) is 0 Å². The van der Waals surface area contributed by atoms with Crippen molar-refractivity contribution in [2.45, 2.75) is 25.4 Å². The Balaban J connectivity index is 1.57. The van der Waals surface area contributed by atoms with Crippen LogP contribution in [0.1, 0.15) is 24.8 Å². The summed E-state index contributed by atoms with van der Waals surface area (Å²) in [6, 6.07) is 9.15. The molecule has 1 heterocycles. The SMILES string of the molecule is N#Cc1ccc(OCCOCC2CCCCO2)cc1. The van der Waals surface area contributed by atoms with Crippen molar-refractivity contribution in [2.75, 3.05) is 26.4 Å². The van der Waals surface area contributed by atoms with Gasteiger partial charge in [-0.25, -0.2) is 0 Å². The zero-order valence-corrected chi connectivity index (χ0v) is 11.0. The van der Waals surface area contributed by atoms with Gasteiger partial charge in [-0.15, -0.1) is 0 Å². The quantitative estimate of drug-likeness (QED) is 0.738. The maximum atomic E-state index is 8.68. The summed E-state index contributed by atoms with van der Waals surface area (Å²) in [5, 5.41) is 8.68. The monoisotopic (exact) mass is 261 g/mol. The van der Waals surface area contributed by atoms with E-state index in [1.54, 1.807) is 24.3 Å². The van der Waals surface area contributed by atoms with Crippen LogP contribution in [0, 0.1) is 11.3 Å². The first-order chi connectivity index (χ1) is 9.38. The standard InChI is InChI=1S/C15H19NO3/c16-11-13-4-6-14(7-5-13)19-10-9-17-12-15-3-1-2-8-18-15/h4-7,15H,1-3,8-10,12H2. The summed E-state index contributed by atoms with van der Waals surface area (Å²) >= 11 is 0. The summed E-state index contributed by atoms with van der Waals surface area (Å²) < 4.78 is 16.6. The summed E-state index contributed by atoms with van der Waals surface area (Å²) in [7, 11) is 0. The lowest BCUT2D eigenvalue weighted by Gasteiger charge is -2.22. The van der Waals surface area contributed by atoms with Crippen molar-refractivity contribution in [1.29, 1.82) is 5.26 Å². The summed E-state index contributed by atoms with van der Waals surface area (Å²) in [5.74, 6) is 0.761. The number of ether oxygens (including phenoxy) is 3.